The van der Waals surface area contributed by atoms with Gasteiger partial charge >= 0.3 is 0 Å². The number of hydrogen-bond donors (Lipinski definition) is 0. The Morgan fingerprint density at radius 2 is 2.06 bits per heavy atom. The summed E-state index contributed by atoms with van der Waals surface area (Å²) in [5, 5.41) is 11.3. The Morgan fingerprint density at radius 1 is 1.41 bits per heavy atom. The monoisotopic (exact) mass is 303 g/mol. The summed E-state index contributed by atoms with van der Waals surface area (Å²) in [6.07, 6.45) is -0.0710. The second-order valence-electron chi connectivity index (χ2n) is 3.69. The van der Waals surface area contributed by atoms with Crippen molar-refractivity contribution in [2.45, 2.75) is 25.3 Å². The van der Waals surface area contributed by atoms with Crippen LogP contribution in [0.3, 0.4) is 0 Å². The van der Waals surface area contributed by atoms with Gasteiger partial charge in [0.2, 0.25) is 0 Å². The predicted molar refractivity (Wildman–Crippen MR) is 68.0 cm³/mol. The molecule has 0 aliphatic rings. The number of nitrogens with zero attached hydrogens (tertiary/aromatic N) is 1. The summed E-state index contributed by atoms with van der Waals surface area (Å²) in [4.78, 5) is 10.5. The maximum Gasteiger partial charge on any atom is 0.277 e. The second-order valence-corrected chi connectivity index (χ2v) is 4.25. The molecule has 0 fully saturated rings. The van der Waals surface area contributed by atoms with Crippen LogP contribution < -0.4 is 9.47 Å². The van der Waals surface area contributed by atoms with Crippen LogP contribution in [0, 0.1) is 10.1 Å². The molecule has 0 atom stereocenters. The van der Waals surface area contributed by atoms with Crippen molar-refractivity contribution in [3.63, 3.8) is 0 Å². The molecule has 6 heteroatoms. The number of hydrogen-bond acceptors (Lipinski definition) is 4. The highest BCUT2D eigenvalue weighted by Gasteiger charge is 2.19. The van der Waals surface area contributed by atoms with Crippen molar-refractivity contribution < 1.29 is 14.4 Å². The molecule has 1 rings (SSSR count). The van der Waals surface area contributed by atoms with Gasteiger partial charge in [-0.1, -0.05) is 15.9 Å². The van der Waals surface area contributed by atoms with Gasteiger partial charge in [0.25, 0.3) is 5.69 Å². The molecule has 0 saturated heterocycles. The van der Waals surface area contributed by atoms with E-state index in [1.54, 1.807) is 6.07 Å². The standard InChI is InChI=1S/C11H14BrNO4/c1-7(2)17-11-5-9(13(14)15)8(6-12)4-10(11)16-3/h4-5,7H,6H2,1-3H3. The van der Waals surface area contributed by atoms with E-state index in [9.17, 15) is 10.1 Å². The number of alkyl halides is 1. The number of nitro groups is 1. The number of ether oxygens (including phenoxy) is 2. The van der Waals surface area contributed by atoms with Crippen LogP contribution in [0.5, 0.6) is 11.5 Å². The Hall–Kier alpha value is -1.30. The maximum atomic E-state index is 10.9. The average Bonchev–Trinajstić information content (AvgIpc) is 2.27. The van der Waals surface area contributed by atoms with Gasteiger partial charge in [-0.05, 0) is 19.9 Å². The van der Waals surface area contributed by atoms with Gasteiger partial charge in [-0.25, -0.2) is 0 Å². The lowest BCUT2D eigenvalue weighted by Crippen LogP contribution is -2.07. The molecule has 5 nitrogen and oxygen atoms in total. The van der Waals surface area contributed by atoms with E-state index >= 15 is 0 Å². The van der Waals surface area contributed by atoms with E-state index in [0.29, 0.717) is 22.4 Å². The lowest BCUT2D eigenvalue weighted by molar-refractivity contribution is -0.385. The van der Waals surface area contributed by atoms with Crippen LogP contribution in [-0.4, -0.2) is 18.1 Å². The molecule has 94 valence electrons. The molecule has 0 heterocycles. The Bertz CT molecular complexity index is 420. The molecule has 1 aromatic carbocycles. The molecule has 0 bridgehead atoms. The normalized spacial score (nSPS) is 10.4. The third-order valence-electron chi connectivity index (χ3n) is 2.07. The van der Waals surface area contributed by atoms with Gasteiger partial charge in [-0.3, -0.25) is 10.1 Å². The molecule has 0 amide bonds. The first-order valence-electron chi connectivity index (χ1n) is 5.07. The third-order valence-corrected chi connectivity index (χ3v) is 2.67. The molecular formula is C11H14BrNO4. The number of benzene rings is 1. The highest BCUT2D eigenvalue weighted by atomic mass is 79.9. The molecule has 0 N–H and O–H groups in total. The quantitative estimate of drug-likeness (QED) is 0.476. The SMILES string of the molecule is COc1cc(CBr)c([N+](=O)[O-])cc1OC(C)C. The molecule has 0 unspecified atom stereocenters. The number of halogens is 1. The molecule has 0 aliphatic heterocycles. The predicted octanol–water partition coefficient (Wildman–Crippen LogP) is 3.29. The summed E-state index contributed by atoms with van der Waals surface area (Å²) < 4.78 is 10.6. The van der Waals surface area contributed by atoms with Gasteiger partial charge < -0.3 is 9.47 Å². The minimum absolute atomic E-state index is 0.0262. The smallest absolute Gasteiger partial charge is 0.277 e. The van der Waals surface area contributed by atoms with Crippen molar-refractivity contribution in [1.29, 1.82) is 0 Å². The lowest BCUT2D eigenvalue weighted by Gasteiger charge is -2.14. The van der Waals surface area contributed by atoms with Gasteiger partial charge in [0.05, 0.1) is 24.2 Å². The maximum absolute atomic E-state index is 10.9. The zero-order valence-corrected chi connectivity index (χ0v) is 11.5. The summed E-state index contributed by atoms with van der Waals surface area (Å²) in [5.41, 5.74) is 0.585. The summed E-state index contributed by atoms with van der Waals surface area (Å²) in [7, 11) is 1.51. The van der Waals surface area contributed by atoms with Crippen LogP contribution in [0.2, 0.25) is 0 Å². The first kappa shape index (κ1) is 13.8. The van der Waals surface area contributed by atoms with Crippen LogP contribution in [0.15, 0.2) is 12.1 Å². The van der Waals surface area contributed by atoms with E-state index in [2.05, 4.69) is 15.9 Å². The highest BCUT2D eigenvalue weighted by Crippen LogP contribution is 2.36. The fourth-order valence-corrected chi connectivity index (χ4v) is 1.82. The van der Waals surface area contributed by atoms with Gasteiger partial charge in [0.15, 0.2) is 11.5 Å². The molecule has 0 saturated carbocycles. The van der Waals surface area contributed by atoms with E-state index in [-0.39, 0.29) is 11.8 Å². The van der Waals surface area contributed by atoms with E-state index < -0.39 is 4.92 Å². The molecule has 0 aliphatic carbocycles. The zero-order chi connectivity index (χ0) is 13.0. The minimum atomic E-state index is -0.427. The third kappa shape index (κ3) is 3.33. The van der Waals surface area contributed by atoms with Gasteiger partial charge in [-0.15, -0.1) is 0 Å². The molecule has 1 aromatic rings. The summed E-state index contributed by atoms with van der Waals surface area (Å²) in [6, 6.07) is 3.01. The van der Waals surface area contributed by atoms with Crippen molar-refractivity contribution in [1.82, 2.24) is 0 Å². The minimum Gasteiger partial charge on any atom is -0.493 e. The van der Waals surface area contributed by atoms with E-state index in [1.165, 1.54) is 13.2 Å². The topological polar surface area (TPSA) is 61.6 Å². The Kier molecular flexibility index (Phi) is 4.74. The van der Waals surface area contributed by atoms with Crippen molar-refractivity contribution in [3.05, 3.63) is 27.8 Å². The zero-order valence-electron chi connectivity index (χ0n) is 9.90. The number of rotatable bonds is 5. The van der Waals surface area contributed by atoms with Gasteiger partial charge in [-0.2, -0.15) is 0 Å². The Labute approximate surface area is 108 Å². The first-order chi connectivity index (χ1) is 7.99. The average molecular weight is 304 g/mol. The van der Waals surface area contributed by atoms with Crippen molar-refractivity contribution in [2.24, 2.45) is 0 Å². The van der Waals surface area contributed by atoms with Gasteiger partial charge in [0, 0.05) is 10.9 Å². The van der Waals surface area contributed by atoms with E-state index in [0.717, 1.165) is 0 Å². The molecule has 0 aromatic heterocycles. The van der Waals surface area contributed by atoms with Crippen LogP contribution in [-0.2, 0) is 5.33 Å². The van der Waals surface area contributed by atoms with E-state index in [4.69, 9.17) is 9.47 Å². The fourth-order valence-electron chi connectivity index (χ4n) is 1.37. The largest absolute Gasteiger partial charge is 0.493 e. The fraction of sp³-hybridized carbons (Fsp3) is 0.455. The Morgan fingerprint density at radius 3 is 2.47 bits per heavy atom. The first-order valence-corrected chi connectivity index (χ1v) is 6.19. The second kappa shape index (κ2) is 5.86. The number of nitro benzene ring substituents is 1. The van der Waals surface area contributed by atoms with Crippen molar-refractivity contribution in [2.75, 3.05) is 7.11 Å². The molecule has 0 spiro atoms. The highest BCUT2D eigenvalue weighted by molar-refractivity contribution is 9.08. The van der Waals surface area contributed by atoms with Crippen LogP contribution in [0.1, 0.15) is 19.4 Å². The molecular weight excluding hydrogens is 290 g/mol. The molecule has 0 radical (unpaired) electrons. The van der Waals surface area contributed by atoms with Crippen LogP contribution in [0.4, 0.5) is 5.69 Å². The Balaban J connectivity index is 3.28. The summed E-state index contributed by atoms with van der Waals surface area (Å²) >= 11 is 3.21. The summed E-state index contributed by atoms with van der Waals surface area (Å²) in [6.45, 7) is 3.70. The van der Waals surface area contributed by atoms with E-state index in [1.807, 2.05) is 13.8 Å². The van der Waals surface area contributed by atoms with Crippen molar-refractivity contribution in [3.8, 4) is 11.5 Å². The van der Waals surface area contributed by atoms with Crippen LogP contribution >= 0.6 is 15.9 Å². The summed E-state index contributed by atoms with van der Waals surface area (Å²) in [5.74, 6) is 0.887. The van der Waals surface area contributed by atoms with Crippen molar-refractivity contribution >= 4 is 21.6 Å². The van der Waals surface area contributed by atoms with Crippen LogP contribution in [0.25, 0.3) is 0 Å². The number of methoxy groups -OCH3 is 1. The van der Waals surface area contributed by atoms with Gasteiger partial charge in [0.1, 0.15) is 0 Å². The molecule has 17 heavy (non-hydrogen) atoms. The lowest BCUT2D eigenvalue weighted by atomic mass is 10.2.